The fourth-order valence-electron chi connectivity index (χ4n) is 3.68. The third-order valence-electron chi connectivity index (χ3n) is 5.45. The number of nitrogens with one attached hydrogen (secondary N) is 1. The maximum atomic E-state index is 13.6. The summed E-state index contributed by atoms with van der Waals surface area (Å²) in [5.41, 5.74) is 13.0. The molecule has 0 saturated carbocycles. The zero-order chi connectivity index (χ0) is 26.4. The van der Waals surface area contributed by atoms with Crippen molar-refractivity contribution >= 4 is 33.4 Å². The fourth-order valence-corrected chi connectivity index (χ4v) is 4.06. The van der Waals surface area contributed by atoms with Gasteiger partial charge in [-0.05, 0) is 70.1 Å². The normalized spacial score (nSPS) is 14.0. The van der Waals surface area contributed by atoms with Gasteiger partial charge in [0, 0.05) is 0 Å². The van der Waals surface area contributed by atoms with E-state index < -0.39 is 10.5 Å². The molecule has 0 spiro atoms. The number of hydrogen-bond donors (Lipinski definition) is 3. The highest BCUT2D eigenvalue weighted by atomic mass is 79.9. The van der Waals surface area contributed by atoms with E-state index in [0.29, 0.717) is 15.9 Å². The highest BCUT2D eigenvalue weighted by Gasteiger charge is 2.42. The average molecular weight is 561 g/mol. The first-order valence-electron chi connectivity index (χ1n) is 10.4. The number of hydroxylamine groups is 3. The number of rotatable bonds is 6. The van der Waals surface area contributed by atoms with Crippen molar-refractivity contribution in [2.24, 2.45) is 18.5 Å². The molecular formula is C22H22BrFN8O4. The van der Waals surface area contributed by atoms with Gasteiger partial charge in [0.2, 0.25) is 5.84 Å². The predicted octanol–water partition coefficient (Wildman–Crippen LogP) is 3.80. The largest absolute Gasteiger partial charge is 0.434 e. The molecule has 0 aliphatic carbocycles. The van der Waals surface area contributed by atoms with Crippen molar-refractivity contribution in [1.82, 2.24) is 14.8 Å². The Kier molecular flexibility index (Phi) is 6.43. The van der Waals surface area contributed by atoms with Crippen molar-refractivity contribution in [3.63, 3.8) is 0 Å². The molecule has 1 aliphatic heterocycles. The summed E-state index contributed by atoms with van der Waals surface area (Å²) in [6, 6.07) is 11.7. The summed E-state index contributed by atoms with van der Waals surface area (Å²) in [7, 11) is 1.48. The van der Waals surface area contributed by atoms with Crippen LogP contribution in [0.4, 0.5) is 16.0 Å². The molecule has 14 heteroatoms. The van der Waals surface area contributed by atoms with Gasteiger partial charge in [-0.1, -0.05) is 28.4 Å². The van der Waals surface area contributed by atoms with E-state index in [1.165, 1.54) is 28.9 Å². The van der Waals surface area contributed by atoms with Gasteiger partial charge in [-0.2, -0.15) is 5.06 Å². The summed E-state index contributed by atoms with van der Waals surface area (Å²) in [6.45, 7) is 3.27. The van der Waals surface area contributed by atoms with Crippen molar-refractivity contribution in [2.45, 2.75) is 19.4 Å². The average Bonchev–Trinajstić information content (AvgIpc) is 3.36. The molecule has 5 N–H and O–H groups in total. The van der Waals surface area contributed by atoms with E-state index in [1.807, 2.05) is 0 Å². The number of imidazole rings is 1. The smallest absolute Gasteiger partial charge is 0.390 e. The molecule has 188 valence electrons. The van der Waals surface area contributed by atoms with E-state index >= 15 is 0 Å². The van der Waals surface area contributed by atoms with E-state index in [2.05, 4.69) is 20.9 Å². The highest BCUT2D eigenvalue weighted by Crippen LogP contribution is 2.35. The Balaban J connectivity index is 1.60. The van der Waals surface area contributed by atoms with Crippen LogP contribution >= 0.6 is 15.9 Å². The second-order valence-corrected chi connectivity index (χ2v) is 9.18. The molecular weight excluding hydrogens is 539 g/mol. The lowest BCUT2D eigenvalue weighted by atomic mass is 10.1. The third-order valence-corrected chi connectivity index (χ3v) is 6.06. The number of hydrogen-bond acceptors (Lipinski definition) is 9. The van der Waals surface area contributed by atoms with Gasteiger partial charge in [0.1, 0.15) is 23.5 Å². The second kappa shape index (κ2) is 9.22. The van der Waals surface area contributed by atoms with Gasteiger partial charge in [-0.15, -0.1) is 4.94 Å². The fraction of sp³-hybridized carbons (Fsp3) is 0.182. The van der Waals surface area contributed by atoms with Crippen LogP contribution in [0.25, 0.3) is 11.1 Å². The number of anilines is 1. The minimum Gasteiger partial charge on any atom is -0.390 e. The standard InChI is InChI=1S/C22H22BrFN8O4/c1-22(2,17-11-28-21(29(17)3)31(33)34)35-32-20(27)18(19(25)26)30(36-32)14-7-4-12(5-8-14)13-6-9-16(24)15(23)10-13/h4-11,27H,25-26H2,1-3H3. The van der Waals surface area contributed by atoms with Gasteiger partial charge in [0.25, 0.3) is 0 Å². The summed E-state index contributed by atoms with van der Waals surface area (Å²) < 4.78 is 15.2. The van der Waals surface area contributed by atoms with Gasteiger partial charge in [-0.25, -0.2) is 13.8 Å². The Morgan fingerprint density at radius 1 is 1.22 bits per heavy atom. The van der Waals surface area contributed by atoms with Crippen LogP contribution in [0.5, 0.6) is 0 Å². The quantitative estimate of drug-likeness (QED) is 0.300. The monoisotopic (exact) mass is 560 g/mol. The zero-order valence-electron chi connectivity index (χ0n) is 19.4. The van der Waals surface area contributed by atoms with Crippen molar-refractivity contribution in [1.29, 1.82) is 5.41 Å². The SMILES string of the molecule is Cn1c(C(C)(C)ON2ON(c3ccc(-c4ccc(F)c(Br)c4)cc3)C(=C(N)N)C2=N)cnc1[N+](=O)[O-]. The van der Waals surface area contributed by atoms with Crippen LogP contribution in [0, 0.1) is 21.3 Å². The molecule has 2 heterocycles. The maximum Gasteiger partial charge on any atom is 0.434 e. The number of nitrogens with zero attached hydrogens (tertiary/aromatic N) is 5. The molecule has 0 bridgehead atoms. The number of nitrogens with two attached hydrogens (primary N) is 2. The Bertz CT molecular complexity index is 1390. The Morgan fingerprint density at radius 3 is 2.42 bits per heavy atom. The first kappa shape index (κ1) is 25.1. The molecule has 0 radical (unpaired) electrons. The number of nitro groups is 1. The molecule has 36 heavy (non-hydrogen) atoms. The maximum absolute atomic E-state index is 13.6. The lowest BCUT2D eigenvalue weighted by Crippen LogP contribution is -2.36. The van der Waals surface area contributed by atoms with Crippen molar-refractivity contribution in [3.05, 3.63) is 86.3 Å². The highest BCUT2D eigenvalue weighted by molar-refractivity contribution is 9.10. The Labute approximate surface area is 213 Å². The molecule has 4 rings (SSSR count). The van der Waals surface area contributed by atoms with Gasteiger partial charge >= 0.3 is 5.95 Å². The number of amidine groups is 1. The summed E-state index contributed by atoms with van der Waals surface area (Å²) in [6.07, 6.45) is 1.32. The first-order chi connectivity index (χ1) is 16.9. The summed E-state index contributed by atoms with van der Waals surface area (Å²) in [4.78, 5) is 26.0. The summed E-state index contributed by atoms with van der Waals surface area (Å²) in [5, 5.41) is 21.7. The summed E-state index contributed by atoms with van der Waals surface area (Å²) >= 11 is 3.18. The summed E-state index contributed by atoms with van der Waals surface area (Å²) in [5.74, 6) is -1.20. The van der Waals surface area contributed by atoms with Crippen molar-refractivity contribution in [3.8, 4) is 11.1 Å². The van der Waals surface area contributed by atoms with Crippen molar-refractivity contribution in [2.75, 3.05) is 5.06 Å². The lowest BCUT2D eigenvalue weighted by Gasteiger charge is -2.27. The molecule has 1 aliphatic rings. The van der Waals surface area contributed by atoms with Gasteiger partial charge < -0.3 is 21.6 Å². The van der Waals surface area contributed by atoms with Crippen LogP contribution in [0.2, 0.25) is 0 Å². The molecule has 3 aromatic rings. The van der Waals surface area contributed by atoms with E-state index in [1.54, 1.807) is 50.2 Å². The zero-order valence-corrected chi connectivity index (χ0v) is 21.0. The van der Waals surface area contributed by atoms with E-state index in [9.17, 15) is 14.5 Å². The van der Waals surface area contributed by atoms with E-state index in [0.717, 1.165) is 16.4 Å². The molecule has 0 amide bonds. The van der Waals surface area contributed by atoms with Crippen LogP contribution in [0.15, 0.2) is 64.7 Å². The predicted molar refractivity (Wildman–Crippen MR) is 132 cm³/mol. The molecule has 12 nitrogen and oxygen atoms in total. The van der Waals surface area contributed by atoms with Gasteiger partial charge in [0.05, 0.1) is 17.2 Å². The molecule has 1 fully saturated rings. The third kappa shape index (κ3) is 4.48. The molecule has 0 unspecified atom stereocenters. The topological polar surface area (TPSA) is 162 Å². The van der Waals surface area contributed by atoms with Crippen LogP contribution in [-0.4, -0.2) is 25.5 Å². The minimum atomic E-state index is -1.20. The Morgan fingerprint density at radius 2 is 1.86 bits per heavy atom. The van der Waals surface area contributed by atoms with Gasteiger partial charge in [-0.3, -0.25) is 5.41 Å². The second-order valence-electron chi connectivity index (χ2n) is 8.32. The number of aromatic nitrogens is 2. The lowest BCUT2D eigenvalue weighted by molar-refractivity contribution is -0.397. The number of benzene rings is 2. The van der Waals surface area contributed by atoms with E-state index in [4.69, 9.17) is 26.7 Å². The van der Waals surface area contributed by atoms with Crippen LogP contribution in [-0.2, 0) is 22.4 Å². The number of halogens is 2. The molecule has 1 aromatic heterocycles. The van der Waals surface area contributed by atoms with E-state index in [-0.39, 0.29) is 29.1 Å². The molecule has 2 aromatic carbocycles. The van der Waals surface area contributed by atoms with Crippen LogP contribution in [0.3, 0.4) is 0 Å². The molecule has 0 atom stereocenters. The van der Waals surface area contributed by atoms with Crippen molar-refractivity contribution < 1.29 is 19.1 Å². The van der Waals surface area contributed by atoms with Gasteiger partial charge in [0.15, 0.2) is 11.3 Å². The van der Waals surface area contributed by atoms with Crippen LogP contribution in [0.1, 0.15) is 19.5 Å². The van der Waals surface area contributed by atoms with Crippen LogP contribution < -0.4 is 16.5 Å². The Hall–Kier alpha value is -4.01. The first-order valence-corrected chi connectivity index (χ1v) is 11.2. The molecule has 1 saturated heterocycles. The minimum absolute atomic E-state index is 0.0408.